The first-order valence-corrected chi connectivity index (χ1v) is 10.3. The van der Waals surface area contributed by atoms with Gasteiger partial charge in [0.2, 0.25) is 10.0 Å². The predicted octanol–water partition coefficient (Wildman–Crippen LogP) is 4.41. The molecule has 0 bridgehead atoms. The second-order valence-electron chi connectivity index (χ2n) is 5.98. The topological polar surface area (TPSA) is 59.0 Å². The molecule has 11 heteroatoms. The Bertz CT molecular complexity index is 990. The minimum atomic E-state index is -4.69. The fourth-order valence-corrected chi connectivity index (χ4v) is 4.73. The fourth-order valence-electron chi connectivity index (χ4n) is 2.89. The molecule has 2 aromatic rings. The van der Waals surface area contributed by atoms with Crippen LogP contribution in [0.15, 0.2) is 45.7 Å². The molecule has 1 aliphatic rings. The van der Waals surface area contributed by atoms with E-state index in [2.05, 4.69) is 16.8 Å². The van der Waals surface area contributed by atoms with Crippen molar-refractivity contribution in [3.05, 3.63) is 47.0 Å². The number of morpholine rings is 1. The van der Waals surface area contributed by atoms with E-state index in [1.54, 1.807) is 0 Å². The molecule has 3 rings (SSSR count). The number of ether oxygens (including phenoxy) is 1. The summed E-state index contributed by atoms with van der Waals surface area (Å²) in [6.07, 6.45) is -4.69. The third-order valence-corrected chi connectivity index (χ3v) is 6.66. The van der Waals surface area contributed by atoms with Crippen molar-refractivity contribution in [1.82, 2.24) is 4.31 Å². The molecular formula is C17H14ClF3N2O3S2. The van der Waals surface area contributed by atoms with Crippen LogP contribution in [-0.4, -0.2) is 39.0 Å². The van der Waals surface area contributed by atoms with Gasteiger partial charge in [-0.25, -0.2) is 8.42 Å². The summed E-state index contributed by atoms with van der Waals surface area (Å²) in [7, 11) is -3.75. The van der Waals surface area contributed by atoms with Crippen molar-refractivity contribution in [1.29, 1.82) is 0 Å². The van der Waals surface area contributed by atoms with Crippen LogP contribution in [0.4, 0.5) is 18.9 Å². The molecule has 5 nitrogen and oxygen atoms in total. The molecule has 0 N–H and O–H groups in total. The van der Waals surface area contributed by atoms with Crippen molar-refractivity contribution >= 4 is 39.7 Å². The number of benzene rings is 2. The van der Waals surface area contributed by atoms with Crippen molar-refractivity contribution in [3.63, 3.8) is 0 Å². The van der Waals surface area contributed by atoms with Gasteiger partial charge in [0, 0.05) is 31.1 Å². The highest BCUT2D eigenvalue weighted by atomic mass is 35.5. The summed E-state index contributed by atoms with van der Waals surface area (Å²) in [4.78, 5) is -0.0139. The highest BCUT2D eigenvalue weighted by molar-refractivity contribution is 7.89. The zero-order chi connectivity index (χ0) is 20.5. The molecule has 0 spiro atoms. The fraction of sp³-hybridized carbons (Fsp3) is 0.294. The summed E-state index contributed by atoms with van der Waals surface area (Å²) >= 11 is 10.5. The van der Waals surface area contributed by atoms with Crippen LogP contribution >= 0.6 is 11.6 Å². The first-order valence-electron chi connectivity index (χ1n) is 8.07. The Morgan fingerprint density at radius 2 is 1.71 bits per heavy atom. The Balaban J connectivity index is 2.04. The number of rotatable bonds is 4. The van der Waals surface area contributed by atoms with Gasteiger partial charge in [-0.3, -0.25) is 0 Å². The Morgan fingerprint density at radius 3 is 2.25 bits per heavy atom. The first kappa shape index (κ1) is 21.1. The van der Waals surface area contributed by atoms with Crippen LogP contribution in [0.25, 0.3) is 11.1 Å². The molecule has 0 radical (unpaired) electrons. The van der Waals surface area contributed by atoms with Gasteiger partial charge in [0.05, 0.1) is 34.4 Å². The van der Waals surface area contributed by atoms with Crippen LogP contribution in [0.5, 0.6) is 0 Å². The predicted molar refractivity (Wildman–Crippen MR) is 101 cm³/mol. The molecule has 1 heterocycles. The lowest BCUT2D eigenvalue weighted by molar-refractivity contribution is -0.137. The smallest absolute Gasteiger partial charge is 0.379 e. The molecule has 0 atom stereocenters. The largest absolute Gasteiger partial charge is 0.417 e. The minimum Gasteiger partial charge on any atom is -0.379 e. The lowest BCUT2D eigenvalue weighted by atomic mass is 9.98. The van der Waals surface area contributed by atoms with E-state index in [-0.39, 0.29) is 39.8 Å². The van der Waals surface area contributed by atoms with E-state index >= 15 is 0 Å². The highest BCUT2D eigenvalue weighted by Crippen LogP contribution is 2.43. The van der Waals surface area contributed by atoms with Crippen LogP contribution in [0, 0.1) is 0 Å². The van der Waals surface area contributed by atoms with E-state index in [0.29, 0.717) is 13.2 Å². The van der Waals surface area contributed by atoms with Crippen LogP contribution in [0.2, 0.25) is 5.02 Å². The summed E-state index contributed by atoms with van der Waals surface area (Å²) in [5, 5.41) is -0.179. The Hall–Kier alpha value is -1.59. The van der Waals surface area contributed by atoms with Crippen LogP contribution in [-0.2, 0) is 33.4 Å². The van der Waals surface area contributed by atoms with Crippen molar-refractivity contribution in [3.8, 4) is 11.1 Å². The maximum Gasteiger partial charge on any atom is 0.417 e. The van der Waals surface area contributed by atoms with E-state index in [4.69, 9.17) is 16.3 Å². The summed E-state index contributed by atoms with van der Waals surface area (Å²) < 4.78 is 75.5. The number of nitrogens with zero attached hydrogens (tertiary/aromatic N) is 2. The summed E-state index contributed by atoms with van der Waals surface area (Å²) in [5.41, 5.74) is -1.20. The van der Waals surface area contributed by atoms with Crippen molar-refractivity contribution < 1.29 is 26.3 Å². The van der Waals surface area contributed by atoms with Gasteiger partial charge in [-0.2, -0.15) is 21.8 Å². The van der Waals surface area contributed by atoms with Crippen LogP contribution in [0.1, 0.15) is 5.56 Å². The van der Waals surface area contributed by atoms with E-state index < -0.39 is 21.8 Å². The summed E-state index contributed by atoms with van der Waals surface area (Å²) in [5.74, 6) is 0. The number of alkyl halides is 3. The van der Waals surface area contributed by atoms with Gasteiger partial charge >= 0.3 is 6.18 Å². The first-order chi connectivity index (χ1) is 13.1. The Morgan fingerprint density at radius 1 is 1.11 bits per heavy atom. The summed E-state index contributed by atoms with van der Waals surface area (Å²) in [6, 6.07) is 7.18. The molecule has 150 valence electrons. The zero-order valence-electron chi connectivity index (χ0n) is 14.2. The quantitative estimate of drug-likeness (QED) is 0.692. The molecular weight excluding hydrogens is 437 g/mol. The number of halogens is 4. The third-order valence-electron chi connectivity index (χ3n) is 4.24. The zero-order valence-corrected chi connectivity index (χ0v) is 16.6. The Kier molecular flexibility index (Phi) is 6.06. The second-order valence-corrected chi connectivity index (χ2v) is 8.51. The Labute approximate surface area is 170 Å². The van der Waals surface area contributed by atoms with Gasteiger partial charge in [0.15, 0.2) is 0 Å². The van der Waals surface area contributed by atoms with E-state index in [9.17, 15) is 21.6 Å². The second kappa shape index (κ2) is 8.03. The number of hydrogen-bond acceptors (Lipinski definition) is 5. The van der Waals surface area contributed by atoms with Crippen molar-refractivity contribution in [2.24, 2.45) is 4.36 Å². The SMILES string of the molecule is O=S(=O)(c1ccc(-c2c(Cl)cc(N=S)cc2C(F)(F)F)cc1)N1CCOCC1. The van der Waals surface area contributed by atoms with E-state index in [1.807, 2.05) is 0 Å². The van der Waals surface area contributed by atoms with Crippen molar-refractivity contribution in [2.45, 2.75) is 11.1 Å². The normalized spacial score (nSPS) is 16.1. The lowest BCUT2D eigenvalue weighted by Gasteiger charge is -2.26. The molecule has 0 aliphatic carbocycles. The van der Waals surface area contributed by atoms with Gasteiger partial charge in [-0.05, 0) is 29.8 Å². The van der Waals surface area contributed by atoms with Gasteiger partial charge in [0.1, 0.15) is 0 Å². The van der Waals surface area contributed by atoms with Crippen LogP contribution in [0.3, 0.4) is 0 Å². The number of sulfonamides is 1. The van der Waals surface area contributed by atoms with Crippen LogP contribution < -0.4 is 0 Å². The maximum atomic E-state index is 13.5. The van der Waals surface area contributed by atoms with Gasteiger partial charge in [-0.15, -0.1) is 0 Å². The van der Waals surface area contributed by atoms with Gasteiger partial charge in [-0.1, -0.05) is 23.7 Å². The maximum absolute atomic E-state index is 13.5. The molecule has 0 saturated carbocycles. The minimum absolute atomic E-state index is 0.0139. The molecule has 1 aliphatic heterocycles. The number of hydrogen-bond donors (Lipinski definition) is 0. The molecule has 1 saturated heterocycles. The molecule has 0 unspecified atom stereocenters. The monoisotopic (exact) mass is 450 g/mol. The molecule has 0 amide bonds. The lowest BCUT2D eigenvalue weighted by Crippen LogP contribution is -2.40. The highest BCUT2D eigenvalue weighted by Gasteiger charge is 2.35. The molecule has 28 heavy (non-hydrogen) atoms. The standard InChI is InChI=1S/C17H14ClF3N2O3S2/c18-15-10-12(22-27)9-14(17(19,20)21)16(15)11-1-3-13(4-2-11)28(24,25)23-5-7-26-8-6-23/h1-4,9-10H,5-8H2. The summed E-state index contributed by atoms with van der Waals surface area (Å²) in [6.45, 7) is 1.03. The average molecular weight is 451 g/mol. The van der Waals surface area contributed by atoms with Crippen molar-refractivity contribution in [2.75, 3.05) is 26.3 Å². The molecule has 1 fully saturated rings. The third kappa shape index (κ3) is 4.20. The van der Waals surface area contributed by atoms with Gasteiger partial charge < -0.3 is 4.74 Å². The van der Waals surface area contributed by atoms with E-state index in [1.165, 1.54) is 34.6 Å². The molecule has 2 aromatic carbocycles. The van der Waals surface area contributed by atoms with E-state index in [0.717, 1.165) is 6.07 Å². The molecule has 0 aromatic heterocycles. The van der Waals surface area contributed by atoms with Gasteiger partial charge in [0.25, 0.3) is 0 Å². The average Bonchev–Trinajstić information content (AvgIpc) is 2.67.